The number of hydrogen-bond acceptors (Lipinski definition) is 5. The fourth-order valence-electron chi connectivity index (χ4n) is 2.70. The van der Waals surface area contributed by atoms with E-state index in [0.29, 0.717) is 11.6 Å². The maximum Gasteiger partial charge on any atom is 0.248 e. The van der Waals surface area contributed by atoms with Crippen LogP contribution in [0, 0.1) is 0 Å². The molecule has 0 saturated heterocycles. The van der Waals surface area contributed by atoms with Crippen LogP contribution in [0.25, 0.3) is 0 Å². The predicted octanol–water partition coefficient (Wildman–Crippen LogP) is 3.00. The Morgan fingerprint density at radius 2 is 2.00 bits per heavy atom. The van der Waals surface area contributed by atoms with Gasteiger partial charge in [-0.15, -0.1) is 11.3 Å². The number of nitrogens with zero attached hydrogens (tertiary/aromatic N) is 1. The molecule has 5 nitrogen and oxygen atoms in total. The monoisotopic (exact) mass is 355 g/mol. The van der Waals surface area contributed by atoms with Gasteiger partial charge in [0.05, 0.1) is 5.69 Å². The molecule has 0 bridgehead atoms. The van der Waals surface area contributed by atoms with E-state index in [-0.39, 0.29) is 11.8 Å². The Hall–Kier alpha value is -1.08. The van der Waals surface area contributed by atoms with Gasteiger partial charge in [-0.1, -0.05) is 12.8 Å². The van der Waals surface area contributed by atoms with E-state index >= 15 is 0 Å². The molecule has 0 aromatic carbocycles. The molecular formula is C16H25N3O2S2. The number of thiazole rings is 1. The number of hydrogen-bond donors (Lipinski definition) is 2. The second-order valence-electron chi connectivity index (χ2n) is 5.83. The third-order valence-corrected chi connectivity index (χ3v) is 5.60. The maximum atomic E-state index is 12.4. The zero-order valence-corrected chi connectivity index (χ0v) is 15.4. The Bertz CT molecular complexity index is 520. The SMILES string of the molecule is CSCC[C@H](NC(C)=O)C(=O)Nc1nc2c(s1)CCCCCC2. The molecule has 2 amide bonds. The van der Waals surface area contributed by atoms with E-state index in [9.17, 15) is 9.59 Å². The summed E-state index contributed by atoms with van der Waals surface area (Å²) in [5, 5.41) is 6.30. The molecule has 0 spiro atoms. The van der Waals surface area contributed by atoms with Gasteiger partial charge in [0.1, 0.15) is 6.04 Å². The average molecular weight is 356 g/mol. The lowest BCUT2D eigenvalue weighted by Crippen LogP contribution is -2.43. The number of aromatic nitrogens is 1. The minimum Gasteiger partial charge on any atom is -0.345 e. The molecule has 1 aromatic rings. The number of anilines is 1. The highest BCUT2D eigenvalue weighted by Crippen LogP contribution is 2.28. The van der Waals surface area contributed by atoms with Gasteiger partial charge in [0, 0.05) is 11.8 Å². The van der Waals surface area contributed by atoms with Gasteiger partial charge in [0.15, 0.2) is 5.13 Å². The standard InChI is InChI=1S/C16H25N3O2S2/c1-11(20)17-13(9-10-22-2)15(21)19-16-18-12-7-5-3-4-6-8-14(12)23-16/h13H,3-10H2,1-2H3,(H,17,20)(H,18,19,21)/t13-/m0/s1. The molecule has 1 aromatic heterocycles. The van der Waals surface area contributed by atoms with Crippen LogP contribution in [0.3, 0.4) is 0 Å². The number of carbonyl (C=O) groups is 2. The van der Waals surface area contributed by atoms with Crippen molar-refractivity contribution in [3.8, 4) is 0 Å². The third kappa shape index (κ3) is 5.80. The summed E-state index contributed by atoms with van der Waals surface area (Å²) in [6.07, 6.45) is 9.59. The molecule has 1 atom stereocenters. The second kappa shape index (κ2) is 9.27. The van der Waals surface area contributed by atoms with Crippen molar-refractivity contribution in [3.05, 3.63) is 10.6 Å². The molecule has 1 aliphatic carbocycles. The highest BCUT2D eigenvalue weighted by atomic mass is 32.2. The van der Waals surface area contributed by atoms with Crippen LogP contribution >= 0.6 is 23.1 Å². The predicted molar refractivity (Wildman–Crippen MR) is 97.2 cm³/mol. The van der Waals surface area contributed by atoms with Gasteiger partial charge >= 0.3 is 0 Å². The molecule has 0 aliphatic heterocycles. The van der Waals surface area contributed by atoms with Gasteiger partial charge in [-0.3, -0.25) is 9.59 Å². The van der Waals surface area contributed by atoms with Crippen molar-refractivity contribution in [3.63, 3.8) is 0 Å². The Morgan fingerprint density at radius 3 is 2.70 bits per heavy atom. The lowest BCUT2D eigenvalue weighted by molar-refractivity contribution is -0.125. The molecule has 128 valence electrons. The van der Waals surface area contributed by atoms with Crippen molar-refractivity contribution in [2.75, 3.05) is 17.3 Å². The third-order valence-electron chi connectivity index (χ3n) is 3.88. The minimum atomic E-state index is -0.494. The summed E-state index contributed by atoms with van der Waals surface area (Å²) >= 11 is 3.25. The number of carbonyl (C=O) groups excluding carboxylic acids is 2. The van der Waals surface area contributed by atoms with E-state index in [0.717, 1.165) is 24.3 Å². The lowest BCUT2D eigenvalue weighted by Gasteiger charge is -2.16. The second-order valence-corrected chi connectivity index (χ2v) is 7.90. The van der Waals surface area contributed by atoms with E-state index in [1.807, 2.05) is 6.26 Å². The van der Waals surface area contributed by atoms with Gasteiger partial charge in [0.25, 0.3) is 0 Å². The zero-order chi connectivity index (χ0) is 16.7. The number of aryl methyl sites for hydroxylation is 2. The van der Waals surface area contributed by atoms with E-state index in [2.05, 4.69) is 15.6 Å². The summed E-state index contributed by atoms with van der Waals surface area (Å²) in [5.74, 6) is 0.473. The van der Waals surface area contributed by atoms with Crippen LogP contribution in [0.15, 0.2) is 0 Å². The van der Waals surface area contributed by atoms with Gasteiger partial charge in [-0.25, -0.2) is 4.98 Å². The summed E-state index contributed by atoms with van der Waals surface area (Å²) in [5.41, 5.74) is 1.14. The van der Waals surface area contributed by atoms with Crippen molar-refractivity contribution >= 4 is 40.0 Å². The normalized spacial score (nSPS) is 15.9. The summed E-state index contributed by atoms with van der Waals surface area (Å²) in [6.45, 7) is 1.44. The number of amides is 2. The van der Waals surface area contributed by atoms with Crippen LogP contribution in [0.1, 0.15) is 49.6 Å². The first-order chi connectivity index (χ1) is 11.1. The van der Waals surface area contributed by atoms with Crippen LogP contribution < -0.4 is 10.6 Å². The van der Waals surface area contributed by atoms with Crippen molar-refractivity contribution < 1.29 is 9.59 Å². The molecule has 0 saturated carbocycles. The number of fused-ring (bicyclic) bond motifs is 1. The largest absolute Gasteiger partial charge is 0.345 e. The molecule has 2 N–H and O–H groups in total. The van der Waals surface area contributed by atoms with Crippen LogP contribution in [-0.4, -0.2) is 34.8 Å². The smallest absolute Gasteiger partial charge is 0.248 e. The molecule has 23 heavy (non-hydrogen) atoms. The highest BCUT2D eigenvalue weighted by molar-refractivity contribution is 7.98. The van der Waals surface area contributed by atoms with E-state index in [1.165, 1.54) is 37.5 Å². The zero-order valence-electron chi connectivity index (χ0n) is 13.8. The Balaban J connectivity index is 2.02. The molecule has 0 fully saturated rings. The van der Waals surface area contributed by atoms with E-state index in [1.54, 1.807) is 23.1 Å². The first kappa shape index (κ1) is 18.3. The first-order valence-corrected chi connectivity index (χ1v) is 10.4. The number of nitrogens with one attached hydrogen (secondary N) is 2. The Morgan fingerprint density at radius 1 is 1.26 bits per heavy atom. The summed E-state index contributed by atoms with van der Waals surface area (Å²) < 4.78 is 0. The maximum absolute atomic E-state index is 12.4. The van der Waals surface area contributed by atoms with Crippen molar-refractivity contribution in [2.24, 2.45) is 0 Å². The van der Waals surface area contributed by atoms with Gasteiger partial charge in [0.2, 0.25) is 11.8 Å². The minimum absolute atomic E-state index is 0.170. The summed E-state index contributed by atoms with van der Waals surface area (Å²) in [7, 11) is 0. The molecule has 7 heteroatoms. The van der Waals surface area contributed by atoms with Crippen molar-refractivity contribution in [2.45, 2.75) is 57.9 Å². The molecule has 0 unspecified atom stereocenters. The van der Waals surface area contributed by atoms with Gasteiger partial charge < -0.3 is 10.6 Å². The number of rotatable bonds is 6. The fraction of sp³-hybridized carbons (Fsp3) is 0.688. The lowest BCUT2D eigenvalue weighted by atomic mass is 10.0. The quantitative estimate of drug-likeness (QED) is 0.823. The van der Waals surface area contributed by atoms with E-state index < -0.39 is 6.04 Å². The number of thioether (sulfide) groups is 1. The highest BCUT2D eigenvalue weighted by Gasteiger charge is 2.21. The average Bonchev–Trinajstić information content (AvgIpc) is 2.84. The van der Waals surface area contributed by atoms with Crippen LogP contribution in [0.2, 0.25) is 0 Å². The summed E-state index contributed by atoms with van der Waals surface area (Å²) in [4.78, 5) is 29.6. The first-order valence-electron chi connectivity index (χ1n) is 8.15. The Labute approximate surface area is 146 Å². The molecule has 2 rings (SSSR count). The van der Waals surface area contributed by atoms with Gasteiger partial charge in [-0.05, 0) is 44.1 Å². The topological polar surface area (TPSA) is 71.1 Å². The van der Waals surface area contributed by atoms with Crippen molar-refractivity contribution in [1.82, 2.24) is 10.3 Å². The molecule has 1 aliphatic rings. The molecule has 1 heterocycles. The van der Waals surface area contributed by atoms with Crippen LogP contribution in [-0.2, 0) is 22.4 Å². The molecular weight excluding hydrogens is 330 g/mol. The summed E-state index contributed by atoms with van der Waals surface area (Å²) in [6, 6.07) is -0.494. The van der Waals surface area contributed by atoms with Crippen LogP contribution in [0.5, 0.6) is 0 Å². The van der Waals surface area contributed by atoms with Crippen LogP contribution in [0.4, 0.5) is 5.13 Å². The fourth-order valence-corrected chi connectivity index (χ4v) is 4.23. The van der Waals surface area contributed by atoms with Gasteiger partial charge in [-0.2, -0.15) is 11.8 Å². The van der Waals surface area contributed by atoms with Crippen molar-refractivity contribution in [1.29, 1.82) is 0 Å². The van der Waals surface area contributed by atoms with E-state index in [4.69, 9.17) is 0 Å². The Kier molecular flexibility index (Phi) is 7.36. The molecule has 0 radical (unpaired) electrons.